The Balaban J connectivity index is 1.87. The first kappa shape index (κ1) is 54.9. The molecule has 2 aliphatic rings. The van der Waals surface area contributed by atoms with Gasteiger partial charge in [-0.25, -0.2) is 0 Å². The van der Waals surface area contributed by atoms with E-state index >= 15 is 0 Å². The molecule has 15 nitrogen and oxygen atoms in total. The Bertz CT molecular complexity index is 1210. The quantitative estimate of drug-likeness (QED) is 0.0257. The number of allylic oxidation sites excluding steroid dienone is 6. The Morgan fingerprint density at radius 3 is 1.62 bits per heavy atom. The first-order chi connectivity index (χ1) is 29.5. The van der Waals surface area contributed by atoms with Gasteiger partial charge in [-0.15, -0.1) is 0 Å². The Morgan fingerprint density at radius 1 is 0.541 bits per heavy atom. The standard InChI is InChI=1S/C46H80O15/c1-3-5-7-9-11-13-15-17-19-21-23-25-27-29-38(49)59-34(31-56-37(48)28-26-24-22-20-18-16-14-12-10-8-6-4-2)32-57-45-44(55)42(53)40(51)36(61-45)33-58-46-43(54)41(52)39(50)35(30-47)60-46/h5,7,11,13,17,19,34-36,39-47,50-55H,3-4,6,8-10,12,14-16,18,20-33H2,1-2H3/b7-5-,13-11-,19-17-. The molecule has 0 aliphatic carbocycles. The molecular formula is C46H80O15. The summed E-state index contributed by atoms with van der Waals surface area (Å²) in [5.74, 6) is -0.960. The minimum atomic E-state index is -1.77. The summed E-state index contributed by atoms with van der Waals surface area (Å²) in [6, 6.07) is 0. The maximum Gasteiger partial charge on any atom is 0.306 e. The predicted molar refractivity (Wildman–Crippen MR) is 229 cm³/mol. The molecule has 2 rings (SSSR count). The monoisotopic (exact) mass is 873 g/mol. The van der Waals surface area contributed by atoms with E-state index in [0.717, 1.165) is 57.8 Å². The van der Waals surface area contributed by atoms with E-state index < -0.39 is 99.3 Å². The van der Waals surface area contributed by atoms with Crippen molar-refractivity contribution < 1.29 is 73.8 Å². The molecule has 61 heavy (non-hydrogen) atoms. The van der Waals surface area contributed by atoms with Crippen molar-refractivity contribution in [1.82, 2.24) is 0 Å². The van der Waals surface area contributed by atoms with E-state index in [2.05, 4.69) is 50.3 Å². The molecule has 354 valence electrons. The van der Waals surface area contributed by atoms with Crippen molar-refractivity contribution in [2.24, 2.45) is 0 Å². The zero-order chi connectivity index (χ0) is 44.7. The van der Waals surface area contributed by atoms with Gasteiger partial charge in [0.25, 0.3) is 0 Å². The van der Waals surface area contributed by atoms with Crippen molar-refractivity contribution >= 4 is 11.9 Å². The van der Waals surface area contributed by atoms with Crippen LogP contribution in [0, 0.1) is 0 Å². The molecular weight excluding hydrogens is 792 g/mol. The summed E-state index contributed by atoms with van der Waals surface area (Å²) in [7, 11) is 0. The van der Waals surface area contributed by atoms with Gasteiger partial charge in [0.15, 0.2) is 18.7 Å². The van der Waals surface area contributed by atoms with Crippen molar-refractivity contribution in [3.05, 3.63) is 36.5 Å². The number of aliphatic hydroxyl groups is 7. The van der Waals surface area contributed by atoms with Crippen LogP contribution in [0.15, 0.2) is 36.5 Å². The van der Waals surface area contributed by atoms with Crippen LogP contribution >= 0.6 is 0 Å². The average Bonchev–Trinajstić information content (AvgIpc) is 3.25. The molecule has 7 N–H and O–H groups in total. The highest BCUT2D eigenvalue weighted by molar-refractivity contribution is 5.70. The van der Waals surface area contributed by atoms with Gasteiger partial charge in [-0.1, -0.05) is 127 Å². The number of hydrogen-bond donors (Lipinski definition) is 7. The number of unbranched alkanes of at least 4 members (excludes halogenated alkanes) is 14. The number of ether oxygens (including phenoxy) is 6. The summed E-state index contributed by atoms with van der Waals surface area (Å²) >= 11 is 0. The van der Waals surface area contributed by atoms with Crippen LogP contribution in [0.25, 0.3) is 0 Å². The van der Waals surface area contributed by atoms with E-state index in [0.29, 0.717) is 12.8 Å². The molecule has 2 saturated heterocycles. The molecule has 0 aromatic carbocycles. The lowest BCUT2D eigenvalue weighted by atomic mass is 9.98. The van der Waals surface area contributed by atoms with Gasteiger partial charge in [-0.3, -0.25) is 9.59 Å². The number of aliphatic hydroxyl groups excluding tert-OH is 7. The molecule has 0 aromatic rings. The van der Waals surface area contributed by atoms with Crippen LogP contribution < -0.4 is 0 Å². The zero-order valence-electron chi connectivity index (χ0n) is 36.9. The van der Waals surface area contributed by atoms with Crippen molar-refractivity contribution in [3.63, 3.8) is 0 Å². The van der Waals surface area contributed by atoms with Gasteiger partial charge in [0.05, 0.1) is 19.8 Å². The average molecular weight is 873 g/mol. The molecule has 0 radical (unpaired) electrons. The van der Waals surface area contributed by atoms with E-state index in [1.165, 1.54) is 51.4 Å². The third kappa shape index (κ3) is 23.3. The Labute approximate surface area is 364 Å². The van der Waals surface area contributed by atoms with E-state index in [9.17, 15) is 45.3 Å². The topological polar surface area (TPSA) is 231 Å². The number of esters is 2. The highest BCUT2D eigenvalue weighted by atomic mass is 16.7. The minimum Gasteiger partial charge on any atom is -0.462 e. The van der Waals surface area contributed by atoms with Gasteiger partial charge in [0.2, 0.25) is 0 Å². The summed E-state index contributed by atoms with van der Waals surface area (Å²) in [6.45, 7) is 2.41. The van der Waals surface area contributed by atoms with Crippen molar-refractivity contribution in [1.29, 1.82) is 0 Å². The second-order valence-corrected chi connectivity index (χ2v) is 16.2. The summed E-state index contributed by atoms with van der Waals surface area (Å²) in [4.78, 5) is 25.6. The van der Waals surface area contributed by atoms with E-state index in [1.54, 1.807) is 0 Å². The van der Waals surface area contributed by atoms with Crippen LogP contribution in [0.2, 0.25) is 0 Å². The van der Waals surface area contributed by atoms with Crippen LogP contribution in [0.1, 0.15) is 149 Å². The van der Waals surface area contributed by atoms with Crippen LogP contribution in [-0.2, 0) is 38.0 Å². The third-order valence-electron chi connectivity index (χ3n) is 10.9. The maximum atomic E-state index is 12.9. The lowest BCUT2D eigenvalue weighted by Crippen LogP contribution is -2.61. The van der Waals surface area contributed by atoms with Crippen molar-refractivity contribution in [3.8, 4) is 0 Å². The number of rotatable bonds is 34. The smallest absolute Gasteiger partial charge is 0.306 e. The molecule has 2 aliphatic heterocycles. The predicted octanol–water partition coefficient (Wildman–Crippen LogP) is 4.98. The van der Waals surface area contributed by atoms with Gasteiger partial charge < -0.3 is 64.2 Å². The van der Waals surface area contributed by atoms with Crippen molar-refractivity contribution in [2.75, 3.05) is 26.4 Å². The SMILES string of the molecule is CC/C=C\C/C=C\C/C=C\CCCCCC(=O)OC(COC(=O)CCCCCCCCCCCCCC)COC1OC(COC2OC(CO)C(O)C(O)C2O)C(O)C(O)C1O. The van der Waals surface area contributed by atoms with Gasteiger partial charge in [0, 0.05) is 12.8 Å². The fourth-order valence-electron chi connectivity index (χ4n) is 7.05. The van der Waals surface area contributed by atoms with Gasteiger partial charge in [-0.05, 0) is 44.9 Å². The lowest BCUT2D eigenvalue weighted by Gasteiger charge is -2.42. The summed E-state index contributed by atoms with van der Waals surface area (Å²) in [5.41, 5.74) is 0. The molecule has 2 fully saturated rings. The third-order valence-corrected chi connectivity index (χ3v) is 10.9. The molecule has 0 bridgehead atoms. The van der Waals surface area contributed by atoms with Crippen molar-refractivity contribution in [2.45, 2.75) is 216 Å². The van der Waals surface area contributed by atoms with Crippen LogP contribution in [0.4, 0.5) is 0 Å². The normalized spacial score (nSPS) is 27.6. The van der Waals surface area contributed by atoms with Crippen LogP contribution in [0.5, 0.6) is 0 Å². The summed E-state index contributed by atoms with van der Waals surface area (Å²) in [6.07, 6.45) is 16.2. The van der Waals surface area contributed by atoms with E-state index in [1.807, 2.05) is 0 Å². The van der Waals surface area contributed by atoms with E-state index in [-0.39, 0.29) is 19.4 Å². The zero-order valence-corrected chi connectivity index (χ0v) is 36.9. The number of hydrogen-bond acceptors (Lipinski definition) is 15. The maximum absolute atomic E-state index is 12.9. The van der Waals surface area contributed by atoms with Gasteiger partial charge >= 0.3 is 11.9 Å². The van der Waals surface area contributed by atoms with Crippen LogP contribution in [-0.4, -0.2) is 142 Å². The Morgan fingerprint density at radius 2 is 1.03 bits per heavy atom. The van der Waals surface area contributed by atoms with Gasteiger partial charge in [0.1, 0.15) is 55.4 Å². The van der Waals surface area contributed by atoms with Crippen LogP contribution in [0.3, 0.4) is 0 Å². The molecule has 11 unspecified atom stereocenters. The Hall–Kier alpha value is -2.28. The Kier molecular flexibility index (Phi) is 30.7. The first-order valence-electron chi connectivity index (χ1n) is 23.1. The fourth-order valence-corrected chi connectivity index (χ4v) is 7.05. The molecule has 15 heteroatoms. The molecule has 0 spiro atoms. The fraction of sp³-hybridized carbons (Fsp3) is 0.826. The van der Waals surface area contributed by atoms with Gasteiger partial charge in [-0.2, -0.15) is 0 Å². The second kappa shape index (κ2) is 34.2. The number of carbonyl (C=O) groups excluding carboxylic acids is 2. The highest BCUT2D eigenvalue weighted by Gasteiger charge is 2.47. The molecule has 0 aromatic heterocycles. The highest BCUT2D eigenvalue weighted by Crippen LogP contribution is 2.26. The lowest BCUT2D eigenvalue weighted by molar-refractivity contribution is -0.332. The first-order valence-corrected chi connectivity index (χ1v) is 23.1. The summed E-state index contributed by atoms with van der Waals surface area (Å²) in [5, 5.41) is 71.8. The largest absolute Gasteiger partial charge is 0.462 e. The number of carbonyl (C=O) groups is 2. The summed E-state index contributed by atoms with van der Waals surface area (Å²) < 4.78 is 33.4. The minimum absolute atomic E-state index is 0.131. The molecule has 11 atom stereocenters. The van der Waals surface area contributed by atoms with E-state index in [4.69, 9.17) is 28.4 Å². The molecule has 2 heterocycles. The molecule has 0 amide bonds. The second-order valence-electron chi connectivity index (χ2n) is 16.2. The molecule has 0 saturated carbocycles.